The molecule has 0 saturated carbocycles. The van der Waals surface area contributed by atoms with E-state index in [2.05, 4.69) is 4.72 Å². The zero-order valence-electron chi connectivity index (χ0n) is 14.7. The maximum absolute atomic E-state index is 12.7. The van der Waals surface area contributed by atoms with Crippen LogP contribution < -0.4 is 9.62 Å². The highest BCUT2D eigenvalue weighted by atomic mass is 32.2. The molecule has 1 aliphatic heterocycles. The van der Waals surface area contributed by atoms with Gasteiger partial charge in [-0.3, -0.25) is 9.52 Å². The summed E-state index contributed by atoms with van der Waals surface area (Å²) < 4.78 is 27.9. The number of carbonyl (C=O) groups excluding carboxylic acids is 1. The van der Waals surface area contributed by atoms with Crippen LogP contribution in [-0.2, 0) is 16.4 Å². The molecule has 0 saturated heterocycles. The summed E-state index contributed by atoms with van der Waals surface area (Å²) in [4.78, 5) is 15.4. The SMILES string of the molecule is Cc1ccc(S(=O)(=O)Nc2ccc3c(c2)CCN3C(=O)c2ccccc2)s1. The van der Waals surface area contributed by atoms with Crippen molar-refractivity contribution in [2.45, 2.75) is 17.6 Å². The molecule has 0 atom stereocenters. The molecule has 1 aliphatic rings. The van der Waals surface area contributed by atoms with E-state index in [1.165, 1.54) is 11.3 Å². The number of thiophene rings is 1. The number of hydrogen-bond donors (Lipinski definition) is 1. The summed E-state index contributed by atoms with van der Waals surface area (Å²) in [6.07, 6.45) is 0.696. The molecule has 0 radical (unpaired) electrons. The number of fused-ring (bicyclic) bond motifs is 1. The first-order valence-electron chi connectivity index (χ1n) is 8.53. The molecular formula is C20H18N2O3S2. The van der Waals surface area contributed by atoms with Gasteiger partial charge in [0.05, 0.1) is 0 Å². The molecule has 2 aromatic carbocycles. The number of sulfonamides is 1. The lowest BCUT2D eigenvalue weighted by Crippen LogP contribution is -2.28. The van der Waals surface area contributed by atoms with Crippen molar-refractivity contribution in [3.8, 4) is 0 Å². The van der Waals surface area contributed by atoms with Gasteiger partial charge >= 0.3 is 0 Å². The summed E-state index contributed by atoms with van der Waals surface area (Å²) in [6.45, 7) is 2.46. The molecule has 1 amide bonds. The van der Waals surface area contributed by atoms with Crippen molar-refractivity contribution in [1.82, 2.24) is 0 Å². The van der Waals surface area contributed by atoms with E-state index in [9.17, 15) is 13.2 Å². The van der Waals surface area contributed by atoms with Gasteiger partial charge in [-0.05, 0) is 61.4 Å². The van der Waals surface area contributed by atoms with Gasteiger partial charge in [0.2, 0.25) is 0 Å². The molecule has 0 bridgehead atoms. The Hall–Kier alpha value is -2.64. The molecule has 27 heavy (non-hydrogen) atoms. The van der Waals surface area contributed by atoms with Crippen molar-refractivity contribution in [3.05, 3.63) is 76.7 Å². The van der Waals surface area contributed by atoms with Gasteiger partial charge in [0.25, 0.3) is 15.9 Å². The van der Waals surface area contributed by atoms with Gasteiger partial charge in [-0.25, -0.2) is 8.42 Å². The van der Waals surface area contributed by atoms with Gasteiger partial charge in [0.15, 0.2) is 0 Å². The van der Waals surface area contributed by atoms with E-state index in [0.717, 1.165) is 16.1 Å². The Bertz CT molecular complexity index is 1110. The normalized spacial score (nSPS) is 13.4. The van der Waals surface area contributed by atoms with Crippen molar-refractivity contribution in [3.63, 3.8) is 0 Å². The third-order valence-corrected chi connectivity index (χ3v) is 7.35. The fourth-order valence-corrected chi connectivity index (χ4v) is 5.51. The van der Waals surface area contributed by atoms with Gasteiger partial charge in [-0.1, -0.05) is 18.2 Å². The lowest BCUT2D eigenvalue weighted by atomic mass is 10.1. The maximum Gasteiger partial charge on any atom is 0.271 e. The van der Waals surface area contributed by atoms with Crippen LogP contribution in [0.2, 0.25) is 0 Å². The van der Waals surface area contributed by atoms with Crippen LogP contribution in [0.3, 0.4) is 0 Å². The minimum absolute atomic E-state index is 0.0447. The fourth-order valence-electron chi connectivity index (χ4n) is 3.17. The highest BCUT2D eigenvalue weighted by Crippen LogP contribution is 2.32. The number of amides is 1. The molecule has 7 heteroatoms. The molecular weight excluding hydrogens is 380 g/mol. The molecule has 3 aromatic rings. The zero-order valence-corrected chi connectivity index (χ0v) is 16.3. The molecule has 5 nitrogen and oxygen atoms in total. The van der Waals surface area contributed by atoms with Crippen LogP contribution in [0.4, 0.5) is 11.4 Å². The number of nitrogens with one attached hydrogen (secondary N) is 1. The Morgan fingerprint density at radius 1 is 1.07 bits per heavy atom. The predicted octanol–water partition coefficient (Wildman–Crippen LogP) is 4.06. The van der Waals surface area contributed by atoms with E-state index in [4.69, 9.17) is 0 Å². The summed E-state index contributed by atoms with van der Waals surface area (Å²) in [5.74, 6) is -0.0447. The third kappa shape index (κ3) is 3.48. The summed E-state index contributed by atoms with van der Waals surface area (Å²) in [7, 11) is -3.59. The number of benzene rings is 2. The summed E-state index contributed by atoms with van der Waals surface area (Å²) in [5.41, 5.74) is 2.94. The van der Waals surface area contributed by atoms with Crippen LogP contribution in [0.15, 0.2) is 64.9 Å². The highest BCUT2D eigenvalue weighted by Gasteiger charge is 2.26. The highest BCUT2D eigenvalue weighted by molar-refractivity contribution is 7.94. The van der Waals surface area contributed by atoms with Crippen molar-refractivity contribution < 1.29 is 13.2 Å². The summed E-state index contributed by atoms with van der Waals surface area (Å²) >= 11 is 1.24. The minimum atomic E-state index is -3.59. The second-order valence-electron chi connectivity index (χ2n) is 6.39. The lowest BCUT2D eigenvalue weighted by Gasteiger charge is -2.17. The van der Waals surface area contributed by atoms with Gasteiger partial charge in [0, 0.05) is 28.4 Å². The second kappa shape index (κ2) is 6.83. The van der Waals surface area contributed by atoms with Crippen molar-refractivity contribution in [1.29, 1.82) is 0 Å². The molecule has 0 spiro atoms. The second-order valence-corrected chi connectivity index (χ2v) is 9.58. The lowest BCUT2D eigenvalue weighted by molar-refractivity contribution is 0.0989. The Kier molecular flexibility index (Phi) is 4.49. The molecule has 0 aliphatic carbocycles. The third-order valence-electron chi connectivity index (χ3n) is 4.47. The molecule has 1 N–H and O–H groups in total. The number of hydrogen-bond acceptors (Lipinski definition) is 4. The van der Waals surface area contributed by atoms with Crippen LogP contribution >= 0.6 is 11.3 Å². The van der Waals surface area contributed by atoms with Crippen LogP contribution in [0.1, 0.15) is 20.8 Å². The zero-order chi connectivity index (χ0) is 19.0. The van der Waals surface area contributed by atoms with Crippen molar-refractivity contribution in [2.75, 3.05) is 16.2 Å². The van der Waals surface area contributed by atoms with E-state index >= 15 is 0 Å². The molecule has 138 valence electrons. The smallest absolute Gasteiger partial charge is 0.271 e. The summed E-state index contributed by atoms with van der Waals surface area (Å²) in [5, 5.41) is 0. The Labute approximate surface area is 162 Å². The Morgan fingerprint density at radius 3 is 2.56 bits per heavy atom. The Balaban J connectivity index is 1.58. The largest absolute Gasteiger partial charge is 0.308 e. The molecule has 0 unspecified atom stereocenters. The topological polar surface area (TPSA) is 66.5 Å². The molecule has 4 rings (SSSR count). The van der Waals surface area contributed by atoms with E-state index in [1.807, 2.05) is 31.2 Å². The van der Waals surface area contributed by atoms with Crippen LogP contribution in [0.25, 0.3) is 0 Å². The quantitative estimate of drug-likeness (QED) is 0.721. The number of nitrogens with zero attached hydrogens (tertiary/aromatic N) is 1. The predicted molar refractivity (Wildman–Crippen MR) is 108 cm³/mol. The van der Waals surface area contributed by atoms with E-state index in [1.54, 1.807) is 41.3 Å². The summed E-state index contributed by atoms with van der Waals surface area (Å²) in [6, 6.07) is 17.9. The van der Waals surface area contributed by atoms with Gasteiger partial charge < -0.3 is 4.90 Å². The van der Waals surface area contributed by atoms with E-state index in [0.29, 0.717) is 28.4 Å². The minimum Gasteiger partial charge on any atom is -0.308 e. The average Bonchev–Trinajstić information content (AvgIpc) is 3.28. The first kappa shape index (κ1) is 17.8. The van der Waals surface area contributed by atoms with Crippen LogP contribution in [0, 0.1) is 6.92 Å². The average molecular weight is 399 g/mol. The van der Waals surface area contributed by atoms with E-state index < -0.39 is 10.0 Å². The Morgan fingerprint density at radius 2 is 1.85 bits per heavy atom. The number of rotatable bonds is 4. The van der Waals surface area contributed by atoms with Gasteiger partial charge in [-0.2, -0.15) is 0 Å². The first-order valence-corrected chi connectivity index (χ1v) is 10.8. The number of anilines is 2. The standard InChI is InChI=1S/C20H18N2O3S2/c1-14-7-10-19(26-14)27(24,25)21-17-8-9-18-16(13-17)11-12-22(18)20(23)15-5-3-2-4-6-15/h2-10,13,21H,11-12H2,1H3. The molecule has 0 fully saturated rings. The molecule has 1 aromatic heterocycles. The van der Waals surface area contributed by atoms with Crippen LogP contribution in [-0.4, -0.2) is 20.9 Å². The van der Waals surface area contributed by atoms with Gasteiger partial charge in [0.1, 0.15) is 4.21 Å². The first-order chi connectivity index (χ1) is 12.9. The van der Waals surface area contributed by atoms with Crippen LogP contribution in [0.5, 0.6) is 0 Å². The number of aryl methyl sites for hydroxylation is 1. The number of carbonyl (C=O) groups is 1. The van der Waals surface area contributed by atoms with Gasteiger partial charge in [-0.15, -0.1) is 11.3 Å². The fraction of sp³-hybridized carbons (Fsp3) is 0.150. The van der Waals surface area contributed by atoms with Crippen molar-refractivity contribution in [2.24, 2.45) is 0 Å². The maximum atomic E-state index is 12.7. The van der Waals surface area contributed by atoms with Crippen molar-refractivity contribution >= 4 is 38.6 Å². The molecule has 2 heterocycles. The monoisotopic (exact) mass is 398 g/mol. The van der Waals surface area contributed by atoms with E-state index in [-0.39, 0.29) is 5.91 Å².